The second-order valence-electron chi connectivity index (χ2n) is 5.20. The highest BCUT2D eigenvalue weighted by molar-refractivity contribution is 5.93. The maximum Gasteiger partial charge on any atom is 0.321 e. The van der Waals surface area contributed by atoms with Crippen LogP contribution in [0, 0.1) is 16.0 Å². The highest BCUT2D eigenvalue weighted by Gasteiger charge is 2.32. The van der Waals surface area contributed by atoms with Crippen LogP contribution < -0.4 is 5.73 Å². The Morgan fingerprint density at radius 1 is 1.60 bits per heavy atom. The summed E-state index contributed by atoms with van der Waals surface area (Å²) in [6.07, 6.45) is 2.95. The summed E-state index contributed by atoms with van der Waals surface area (Å²) in [7, 11) is 0. The average Bonchev–Trinajstić information content (AvgIpc) is 2.95. The number of rotatable bonds is 4. The van der Waals surface area contributed by atoms with Crippen LogP contribution in [0.25, 0.3) is 0 Å². The molecule has 2 rings (SSSR count). The molecule has 7 heteroatoms. The largest absolute Gasteiger partial charge is 0.358 e. The molecule has 0 radical (unpaired) electrons. The highest BCUT2D eigenvalue weighted by atomic mass is 16.6. The first-order chi connectivity index (χ1) is 9.56. The molecule has 1 aromatic rings. The number of likely N-dealkylation sites (tertiary alicyclic amines) is 1. The van der Waals surface area contributed by atoms with Gasteiger partial charge in [-0.25, -0.2) is 4.98 Å². The Bertz CT molecular complexity index is 500. The number of aromatic nitrogens is 1. The molecule has 1 fully saturated rings. The number of piperidine rings is 1. The smallest absolute Gasteiger partial charge is 0.321 e. The number of nitrogens with zero attached hydrogens (tertiary/aromatic N) is 2. The van der Waals surface area contributed by atoms with Gasteiger partial charge in [0.05, 0.1) is 0 Å². The highest BCUT2D eigenvalue weighted by Crippen LogP contribution is 2.26. The molecule has 2 unspecified atom stereocenters. The molecular weight excluding hydrogens is 260 g/mol. The van der Waals surface area contributed by atoms with Gasteiger partial charge in [-0.2, -0.15) is 0 Å². The van der Waals surface area contributed by atoms with Crippen molar-refractivity contribution in [1.29, 1.82) is 0 Å². The number of hydrogen-bond acceptors (Lipinski definition) is 4. The van der Waals surface area contributed by atoms with Gasteiger partial charge in [-0.05, 0) is 29.7 Å². The number of carbonyl (C=O) groups excluding carboxylic acids is 1. The average molecular weight is 280 g/mol. The molecule has 1 aliphatic rings. The summed E-state index contributed by atoms with van der Waals surface area (Å²) in [6.45, 7) is 3.22. The number of carbonyl (C=O) groups is 1. The molecule has 2 atom stereocenters. The van der Waals surface area contributed by atoms with Crippen LogP contribution in [0.5, 0.6) is 0 Å². The number of amides is 1. The van der Waals surface area contributed by atoms with E-state index in [0.717, 1.165) is 19.3 Å². The van der Waals surface area contributed by atoms with Gasteiger partial charge < -0.3 is 20.7 Å². The Hall–Kier alpha value is -1.89. The van der Waals surface area contributed by atoms with Gasteiger partial charge in [-0.1, -0.05) is 13.3 Å². The second kappa shape index (κ2) is 6.04. The number of nitrogens with one attached hydrogen (secondary N) is 1. The van der Waals surface area contributed by atoms with Crippen LogP contribution in [0.2, 0.25) is 0 Å². The fraction of sp³-hybridized carbons (Fsp3) is 0.615. The number of hydrogen-bond donors (Lipinski definition) is 2. The van der Waals surface area contributed by atoms with E-state index < -0.39 is 4.92 Å². The summed E-state index contributed by atoms with van der Waals surface area (Å²) in [5.74, 6) is 0.231. The van der Waals surface area contributed by atoms with Gasteiger partial charge in [0.2, 0.25) is 0 Å². The molecule has 0 aliphatic carbocycles. The van der Waals surface area contributed by atoms with Crippen molar-refractivity contribution in [2.24, 2.45) is 11.7 Å². The fourth-order valence-electron chi connectivity index (χ4n) is 2.77. The van der Waals surface area contributed by atoms with Crippen LogP contribution >= 0.6 is 0 Å². The number of aromatic amines is 1. The van der Waals surface area contributed by atoms with Crippen molar-refractivity contribution in [2.45, 2.75) is 32.2 Å². The fourth-order valence-corrected chi connectivity index (χ4v) is 2.77. The predicted octanol–water partition coefficient (Wildman–Crippen LogP) is 1.51. The summed E-state index contributed by atoms with van der Waals surface area (Å²) < 4.78 is 0. The van der Waals surface area contributed by atoms with Gasteiger partial charge in [0, 0.05) is 25.2 Å². The maximum atomic E-state index is 12.4. The van der Waals surface area contributed by atoms with E-state index in [-0.39, 0.29) is 23.5 Å². The molecule has 2 heterocycles. The molecule has 110 valence electrons. The molecule has 1 aromatic heterocycles. The molecular formula is C13H20N4O3. The third-order valence-electron chi connectivity index (χ3n) is 4.03. The zero-order valence-corrected chi connectivity index (χ0v) is 11.5. The van der Waals surface area contributed by atoms with Gasteiger partial charge in [0.1, 0.15) is 0 Å². The predicted molar refractivity (Wildman–Crippen MR) is 74.3 cm³/mol. The van der Waals surface area contributed by atoms with Gasteiger partial charge in [-0.3, -0.25) is 4.79 Å². The zero-order chi connectivity index (χ0) is 14.7. The quantitative estimate of drug-likeness (QED) is 0.644. The molecule has 0 saturated carbocycles. The number of nitrogens with two attached hydrogens (primary N) is 1. The van der Waals surface area contributed by atoms with Crippen LogP contribution in [0.4, 0.5) is 5.82 Å². The molecule has 0 bridgehead atoms. The van der Waals surface area contributed by atoms with Gasteiger partial charge >= 0.3 is 5.82 Å². The zero-order valence-electron chi connectivity index (χ0n) is 11.5. The van der Waals surface area contributed by atoms with Crippen LogP contribution in [0.15, 0.2) is 12.1 Å². The van der Waals surface area contributed by atoms with Crippen molar-refractivity contribution in [3.05, 3.63) is 27.9 Å². The molecule has 0 aromatic carbocycles. The van der Waals surface area contributed by atoms with E-state index in [1.807, 2.05) is 0 Å². The van der Waals surface area contributed by atoms with E-state index in [1.165, 1.54) is 12.1 Å². The lowest BCUT2D eigenvalue weighted by Crippen LogP contribution is -2.49. The minimum Gasteiger partial charge on any atom is -0.358 e. The van der Waals surface area contributed by atoms with E-state index in [9.17, 15) is 14.9 Å². The first kappa shape index (κ1) is 14.5. The summed E-state index contributed by atoms with van der Waals surface area (Å²) >= 11 is 0. The third-order valence-corrected chi connectivity index (χ3v) is 4.03. The molecule has 7 nitrogen and oxygen atoms in total. The van der Waals surface area contributed by atoms with Crippen molar-refractivity contribution in [1.82, 2.24) is 9.88 Å². The first-order valence-corrected chi connectivity index (χ1v) is 6.91. The van der Waals surface area contributed by atoms with E-state index in [1.54, 1.807) is 4.90 Å². The van der Waals surface area contributed by atoms with E-state index in [4.69, 9.17) is 5.73 Å². The van der Waals surface area contributed by atoms with Crippen LogP contribution in [0.3, 0.4) is 0 Å². The van der Waals surface area contributed by atoms with Crippen LogP contribution in [0.1, 0.15) is 36.7 Å². The SMILES string of the molecule is CCC1CCN(C(=O)c2ccc([N+](=O)[O-])[nH]2)C(CN)C1. The Labute approximate surface area is 117 Å². The third kappa shape index (κ3) is 2.82. The molecule has 3 N–H and O–H groups in total. The van der Waals surface area contributed by atoms with Crippen LogP contribution in [-0.4, -0.2) is 39.8 Å². The van der Waals surface area contributed by atoms with E-state index in [0.29, 0.717) is 19.0 Å². The minimum absolute atomic E-state index is 0.0172. The minimum atomic E-state index is -0.541. The van der Waals surface area contributed by atoms with Crippen molar-refractivity contribution in [2.75, 3.05) is 13.1 Å². The Morgan fingerprint density at radius 3 is 2.90 bits per heavy atom. The number of nitro groups is 1. The maximum absolute atomic E-state index is 12.4. The van der Waals surface area contributed by atoms with Crippen LogP contribution in [-0.2, 0) is 0 Å². The summed E-state index contributed by atoms with van der Waals surface area (Å²) in [4.78, 5) is 26.8. The molecule has 1 amide bonds. The second-order valence-corrected chi connectivity index (χ2v) is 5.20. The molecule has 20 heavy (non-hydrogen) atoms. The Balaban J connectivity index is 2.12. The van der Waals surface area contributed by atoms with Gasteiger partial charge in [-0.15, -0.1) is 0 Å². The molecule has 1 saturated heterocycles. The Kier molecular flexibility index (Phi) is 4.39. The topological polar surface area (TPSA) is 105 Å². The summed E-state index contributed by atoms with van der Waals surface area (Å²) in [5.41, 5.74) is 6.02. The lowest BCUT2D eigenvalue weighted by Gasteiger charge is -2.38. The molecule has 1 aliphatic heterocycles. The first-order valence-electron chi connectivity index (χ1n) is 6.91. The van der Waals surface area contributed by atoms with Gasteiger partial charge in [0.25, 0.3) is 5.91 Å². The summed E-state index contributed by atoms with van der Waals surface area (Å²) in [6, 6.07) is 2.78. The molecule has 0 spiro atoms. The van der Waals surface area contributed by atoms with Crippen molar-refractivity contribution in [3.63, 3.8) is 0 Å². The lowest BCUT2D eigenvalue weighted by molar-refractivity contribution is -0.389. The van der Waals surface area contributed by atoms with Gasteiger partial charge in [0.15, 0.2) is 5.69 Å². The lowest BCUT2D eigenvalue weighted by atomic mass is 9.88. The van der Waals surface area contributed by atoms with Crippen molar-refractivity contribution in [3.8, 4) is 0 Å². The normalized spacial score (nSPS) is 22.8. The Morgan fingerprint density at radius 2 is 2.35 bits per heavy atom. The number of H-pyrrole nitrogens is 1. The van der Waals surface area contributed by atoms with Crippen molar-refractivity contribution >= 4 is 11.7 Å². The standard InChI is InChI=1S/C13H20N4O3/c1-2-9-5-6-16(10(7-9)8-14)13(18)11-3-4-12(15-11)17(19)20/h3-4,9-10,15H,2,5-8,14H2,1H3. The summed E-state index contributed by atoms with van der Waals surface area (Å²) in [5, 5.41) is 10.6. The van der Waals surface area contributed by atoms with E-state index in [2.05, 4.69) is 11.9 Å². The van der Waals surface area contributed by atoms with Crippen molar-refractivity contribution < 1.29 is 9.72 Å². The monoisotopic (exact) mass is 280 g/mol. The van der Waals surface area contributed by atoms with E-state index >= 15 is 0 Å².